The van der Waals surface area contributed by atoms with Crippen molar-refractivity contribution in [2.24, 2.45) is 0 Å². The van der Waals surface area contributed by atoms with Crippen LogP contribution in [0.4, 0.5) is 0 Å². The van der Waals surface area contributed by atoms with Gasteiger partial charge in [0.2, 0.25) is 0 Å². The van der Waals surface area contributed by atoms with Crippen molar-refractivity contribution in [3.05, 3.63) is 0 Å². The summed E-state index contributed by atoms with van der Waals surface area (Å²) in [6.45, 7) is 0. The van der Waals surface area contributed by atoms with Crippen LogP contribution >= 0.6 is 0 Å². The molecule has 0 aromatic heterocycles. The predicted molar refractivity (Wildman–Crippen MR) is 17.9 cm³/mol. The van der Waals surface area contributed by atoms with Gasteiger partial charge in [0.1, 0.15) is 0 Å². The standard InChI is InChI=1S/2Ag.2Na.H2O.2H/h;;;;1H2;;. The molecule has 0 spiro atoms. The van der Waals surface area contributed by atoms with Crippen LogP contribution in [-0.2, 0) is 44.8 Å². The van der Waals surface area contributed by atoms with Crippen molar-refractivity contribution < 1.29 is 50.2 Å². The second-order valence-electron chi connectivity index (χ2n) is 0. The zero-order valence-electron chi connectivity index (χ0n) is 1.10. The maximum absolute atomic E-state index is 0. The molecule has 0 atom stereocenters. The Hall–Kier alpha value is 3.44. The van der Waals surface area contributed by atoms with Gasteiger partial charge in [0.05, 0.1) is 0 Å². The molecule has 0 aliphatic rings. The van der Waals surface area contributed by atoms with Crippen LogP contribution in [0.15, 0.2) is 0 Å². The molecule has 0 fully saturated rings. The molecule has 34 valence electrons. The van der Waals surface area contributed by atoms with Gasteiger partial charge in [0.25, 0.3) is 0 Å². The minimum absolute atomic E-state index is 0. The van der Waals surface area contributed by atoms with Crippen LogP contribution in [-0.4, -0.2) is 64.6 Å². The fourth-order valence-electron chi connectivity index (χ4n) is 0. The molecule has 2 radical (unpaired) electrons. The van der Waals surface area contributed by atoms with E-state index in [1.807, 2.05) is 0 Å². The van der Waals surface area contributed by atoms with Crippen LogP contribution in [0.3, 0.4) is 0 Å². The van der Waals surface area contributed by atoms with Gasteiger partial charge in [-0.2, -0.15) is 0 Å². The first-order chi connectivity index (χ1) is 0. The fraction of sp³-hybridized carbons (Fsp3) is 0. The molecule has 0 aliphatic carbocycles. The monoisotopic (exact) mass is 280 g/mol. The summed E-state index contributed by atoms with van der Waals surface area (Å²) < 4.78 is 0. The Kier molecular flexibility index (Phi) is 206. The van der Waals surface area contributed by atoms with E-state index < -0.39 is 0 Å². The molecule has 5 heavy (non-hydrogen) atoms. The summed E-state index contributed by atoms with van der Waals surface area (Å²) in [4.78, 5) is 0. The quantitative estimate of drug-likeness (QED) is 0.455. The Balaban J connectivity index is 0. The predicted octanol–water partition coefficient (Wildman–Crippen LogP) is -2.13. The summed E-state index contributed by atoms with van der Waals surface area (Å²) in [5.74, 6) is 0. The van der Waals surface area contributed by atoms with E-state index in [1.54, 1.807) is 0 Å². The van der Waals surface area contributed by atoms with Crippen molar-refractivity contribution in [3.8, 4) is 0 Å². The summed E-state index contributed by atoms with van der Waals surface area (Å²) in [6, 6.07) is 0. The second-order valence-corrected chi connectivity index (χ2v) is 0. The molecule has 0 saturated carbocycles. The van der Waals surface area contributed by atoms with Crippen molar-refractivity contribution >= 4 is 59.1 Å². The van der Waals surface area contributed by atoms with Crippen molar-refractivity contribution in [2.75, 3.05) is 0 Å². The van der Waals surface area contributed by atoms with Gasteiger partial charge < -0.3 is 5.48 Å². The molecule has 2 N–H and O–H groups in total. The summed E-state index contributed by atoms with van der Waals surface area (Å²) in [5, 5.41) is 0. The summed E-state index contributed by atoms with van der Waals surface area (Å²) in [5.41, 5.74) is 0. The maximum atomic E-state index is 0. The van der Waals surface area contributed by atoms with E-state index in [4.69, 9.17) is 0 Å². The molecule has 0 heterocycles. The van der Waals surface area contributed by atoms with Crippen LogP contribution in [0.2, 0.25) is 0 Å². The molecule has 0 saturated heterocycles. The zero-order chi connectivity index (χ0) is 0. The molecular weight excluding hydrogens is 278 g/mol. The van der Waals surface area contributed by atoms with Crippen LogP contribution in [0, 0.1) is 0 Å². The normalized spacial score (nSPS) is 0. The molecule has 0 bridgehead atoms. The van der Waals surface area contributed by atoms with E-state index in [0.717, 1.165) is 0 Å². The Morgan fingerprint density at radius 3 is 0.600 bits per heavy atom. The first-order valence-corrected chi connectivity index (χ1v) is 0. The van der Waals surface area contributed by atoms with Crippen molar-refractivity contribution in [2.45, 2.75) is 0 Å². The molecule has 0 unspecified atom stereocenters. The molecule has 0 amide bonds. The number of hydrogen-bond donors (Lipinski definition) is 0. The van der Waals surface area contributed by atoms with Crippen LogP contribution in [0.1, 0.15) is 0 Å². The van der Waals surface area contributed by atoms with Gasteiger partial charge in [-0.25, -0.2) is 0 Å². The van der Waals surface area contributed by atoms with Crippen LogP contribution in [0.5, 0.6) is 0 Å². The third-order valence-corrected chi connectivity index (χ3v) is 0. The van der Waals surface area contributed by atoms with Gasteiger partial charge >= 0.3 is 59.1 Å². The Morgan fingerprint density at radius 1 is 0.600 bits per heavy atom. The van der Waals surface area contributed by atoms with Gasteiger partial charge in [-0.05, 0) is 0 Å². The molecule has 5 heteroatoms. The second kappa shape index (κ2) is 26.1. The fourth-order valence-corrected chi connectivity index (χ4v) is 0. The SMILES string of the molecule is O.[Ag].[Ag].[NaH].[NaH]. The van der Waals surface area contributed by atoms with Crippen LogP contribution < -0.4 is 0 Å². The third kappa shape index (κ3) is 18.6. The summed E-state index contributed by atoms with van der Waals surface area (Å²) >= 11 is 0. The zero-order valence-corrected chi connectivity index (χ0v) is 4.07. The van der Waals surface area contributed by atoms with Gasteiger partial charge in [-0.15, -0.1) is 0 Å². The number of rotatable bonds is 0. The summed E-state index contributed by atoms with van der Waals surface area (Å²) in [7, 11) is 0. The third-order valence-electron chi connectivity index (χ3n) is 0. The average molecular weight is 282 g/mol. The van der Waals surface area contributed by atoms with Gasteiger partial charge in [0.15, 0.2) is 0 Å². The van der Waals surface area contributed by atoms with Crippen molar-refractivity contribution in [3.63, 3.8) is 0 Å². The van der Waals surface area contributed by atoms with Crippen molar-refractivity contribution in [1.82, 2.24) is 0 Å². The van der Waals surface area contributed by atoms with Gasteiger partial charge in [-0.3, -0.25) is 0 Å². The van der Waals surface area contributed by atoms with Crippen molar-refractivity contribution in [1.29, 1.82) is 0 Å². The Bertz CT molecular complexity index is 7.61. The van der Waals surface area contributed by atoms with E-state index in [1.165, 1.54) is 0 Å². The first-order valence-electron chi connectivity index (χ1n) is 0. The Labute approximate surface area is 107 Å². The van der Waals surface area contributed by atoms with Gasteiger partial charge in [-0.1, -0.05) is 0 Å². The minimum atomic E-state index is 0. The molecular formula is H4Ag2Na2O. The molecule has 0 rings (SSSR count). The van der Waals surface area contributed by atoms with E-state index >= 15 is 0 Å². The van der Waals surface area contributed by atoms with Crippen LogP contribution in [0.25, 0.3) is 0 Å². The molecule has 0 aromatic rings. The Morgan fingerprint density at radius 2 is 0.600 bits per heavy atom. The van der Waals surface area contributed by atoms with E-state index in [9.17, 15) is 0 Å². The topological polar surface area (TPSA) is 31.5 Å². The number of hydrogen-bond acceptors (Lipinski definition) is 0. The van der Waals surface area contributed by atoms with E-state index in [0.29, 0.717) is 0 Å². The van der Waals surface area contributed by atoms with E-state index in [2.05, 4.69) is 0 Å². The van der Waals surface area contributed by atoms with Gasteiger partial charge in [0, 0.05) is 44.8 Å². The first kappa shape index (κ1) is 39.5. The van der Waals surface area contributed by atoms with E-state index in [-0.39, 0.29) is 109 Å². The molecule has 1 nitrogen and oxygen atoms in total. The molecule has 0 aliphatic heterocycles. The molecule has 0 aromatic carbocycles. The summed E-state index contributed by atoms with van der Waals surface area (Å²) in [6.07, 6.45) is 0. The average Bonchev–Trinajstić information content (AvgIpc) is 0.